The van der Waals surface area contributed by atoms with Gasteiger partial charge in [0, 0.05) is 16.6 Å². The van der Waals surface area contributed by atoms with Gasteiger partial charge in [-0.3, -0.25) is 4.79 Å². The van der Waals surface area contributed by atoms with Crippen LogP contribution in [0.5, 0.6) is 11.6 Å². The number of rotatable bonds is 3. The lowest BCUT2D eigenvalue weighted by molar-refractivity contribution is 0.112. The van der Waals surface area contributed by atoms with Crippen LogP contribution in [0.4, 0.5) is 10.2 Å². The molecule has 2 heterocycles. The van der Waals surface area contributed by atoms with E-state index >= 15 is 0 Å². The van der Waals surface area contributed by atoms with Crippen molar-refractivity contribution in [2.75, 3.05) is 5.73 Å². The van der Waals surface area contributed by atoms with Crippen molar-refractivity contribution in [3.63, 3.8) is 0 Å². The summed E-state index contributed by atoms with van der Waals surface area (Å²) >= 11 is 0. The van der Waals surface area contributed by atoms with Crippen LogP contribution < -0.4 is 10.5 Å². The molecule has 0 radical (unpaired) electrons. The number of carbonyl (C=O) groups excluding carboxylic acids is 1. The lowest BCUT2D eigenvalue weighted by Gasteiger charge is -2.08. The SMILES string of the molecule is Cc1cc2c(F)c(Oc3ncnc(N)c3C=O)ccc2[nH]1. The molecule has 3 N–H and O–H groups in total. The van der Waals surface area contributed by atoms with Gasteiger partial charge in [-0.25, -0.2) is 14.4 Å². The lowest BCUT2D eigenvalue weighted by atomic mass is 10.2. The van der Waals surface area contributed by atoms with E-state index in [9.17, 15) is 9.18 Å². The van der Waals surface area contributed by atoms with E-state index in [1.807, 2.05) is 6.92 Å². The van der Waals surface area contributed by atoms with Gasteiger partial charge in [-0.15, -0.1) is 0 Å². The van der Waals surface area contributed by atoms with Crippen molar-refractivity contribution in [2.24, 2.45) is 0 Å². The first kappa shape index (κ1) is 13.0. The van der Waals surface area contributed by atoms with Gasteiger partial charge in [0.2, 0.25) is 5.88 Å². The maximum Gasteiger partial charge on any atom is 0.235 e. The fourth-order valence-corrected chi connectivity index (χ4v) is 2.06. The molecule has 1 aromatic carbocycles. The normalized spacial score (nSPS) is 10.8. The highest BCUT2D eigenvalue weighted by Crippen LogP contribution is 2.31. The molecule has 0 saturated carbocycles. The zero-order valence-corrected chi connectivity index (χ0v) is 11.1. The molecule has 0 amide bonds. The largest absolute Gasteiger partial charge is 0.435 e. The number of nitrogens with zero attached hydrogens (tertiary/aromatic N) is 2. The third-order valence-electron chi connectivity index (χ3n) is 3.04. The molecule has 2 aromatic heterocycles. The monoisotopic (exact) mass is 286 g/mol. The fourth-order valence-electron chi connectivity index (χ4n) is 2.06. The summed E-state index contributed by atoms with van der Waals surface area (Å²) in [6.45, 7) is 1.83. The van der Waals surface area contributed by atoms with Crippen molar-refractivity contribution in [3.05, 3.63) is 41.6 Å². The number of nitrogen functional groups attached to an aromatic ring is 1. The highest BCUT2D eigenvalue weighted by Gasteiger charge is 2.15. The molecule has 0 spiro atoms. The minimum atomic E-state index is -0.536. The Labute approximate surface area is 118 Å². The minimum absolute atomic E-state index is 0.0118. The molecule has 0 unspecified atom stereocenters. The molecule has 6 nitrogen and oxygen atoms in total. The fraction of sp³-hybridized carbons (Fsp3) is 0.0714. The number of aryl methyl sites for hydroxylation is 1. The van der Waals surface area contributed by atoms with E-state index in [4.69, 9.17) is 10.5 Å². The molecule has 0 fully saturated rings. The maximum atomic E-state index is 14.4. The third-order valence-corrected chi connectivity index (χ3v) is 3.04. The zero-order valence-electron chi connectivity index (χ0n) is 11.1. The number of nitrogens with one attached hydrogen (secondary N) is 1. The van der Waals surface area contributed by atoms with Crippen LogP contribution in [-0.2, 0) is 0 Å². The second kappa shape index (κ2) is 4.86. The Bertz CT molecular complexity index is 844. The molecule has 0 saturated heterocycles. The number of hydrogen-bond donors (Lipinski definition) is 2. The van der Waals surface area contributed by atoms with Crippen molar-refractivity contribution in [1.82, 2.24) is 15.0 Å². The van der Waals surface area contributed by atoms with Gasteiger partial charge in [0.25, 0.3) is 0 Å². The average Bonchev–Trinajstić information content (AvgIpc) is 2.84. The number of halogens is 1. The summed E-state index contributed by atoms with van der Waals surface area (Å²) in [6.07, 6.45) is 1.62. The Morgan fingerprint density at radius 3 is 2.95 bits per heavy atom. The van der Waals surface area contributed by atoms with Crippen LogP contribution in [0.25, 0.3) is 10.9 Å². The predicted molar refractivity (Wildman–Crippen MR) is 74.9 cm³/mol. The van der Waals surface area contributed by atoms with E-state index < -0.39 is 5.82 Å². The predicted octanol–water partition coefficient (Wildman–Crippen LogP) is 2.59. The molecule has 7 heteroatoms. The van der Waals surface area contributed by atoms with Crippen LogP contribution in [0.3, 0.4) is 0 Å². The van der Waals surface area contributed by atoms with Crippen LogP contribution in [0.2, 0.25) is 0 Å². The molecule has 0 aliphatic carbocycles. The van der Waals surface area contributed by atoms with E-state index in [1.54, 1.807) is 12.1 Å². The number of aromatic amines is 1. The number of H-pyrrole nitrogens is 1. The Kier molecular flexibility index (Phi) is 3.02. The van der Waals surface area contributed by atoms with Crippen molar-refractivity contribution in [1.29, 1.82) is 0 Å². The van der Waals surface area contributed by atoms with Crippen LogP contribution in [0.1, 0.15) is 16.1 Å². The molecular formula is C14H11FN4O2. The van der Waals surface area contributed by atoms with Crippen LogP contribution in [0.15, 0.2) is 24.5 Å². The number of nitrogens with two attached hydrogens (primary N) is 1. The second-order valence-electron chi connectivity index (χ2n) is 4.49. The number of carbonyl (C=O) groups is 1. The van der Waals surface area contributed by atoms with Gasteiger partial charge in [-0.2, -0.15) is 0 Å². The standard InChI is InChI=1S/C14H11FN4O2/c1-7-4-8-10(19-7)2-3-11(12(8)15)21-14-9(5-20)13(16)17-6-18-14/h2-6,19H,1H3,(H2,16,17,18). The minimum Gasteiger partial charge on any atom is -0.435 e. The maximum absolute atomic E-state index is 14.4. The molecule has 0 atom stereocenters. The lowest BCUT2D eigenvalue weighted by Crippen LogP contribution is -2.02. The smallest absolute Gasteiger partial charge is 0.235 e. The number of hydrogen-bond acceptors (Lipinski definition) is 5. The number of aromatic nitrogens is 3. The first-order chi connectivity index (χ1) is 10.1. The van der Waals surface area contributed by atoms with Gasteiger partial charge < -0.3 is 15.5 Å². The summed E-state index contributed by atoms with van der Waals surface area (Å²) in [6, 6.07) is 4.82. The van der Waals surface area contributed by atoms with Gasteiger partial charge in [0.05, 0.1) is 0 Å². The Morgan fingerprint density at radius 1 is 1.38 bits per heavy atom. The summed E-state index contributed by atoms with van der Waals surface area (Å²) in [4.78, 5) is 21.5. The van der Waals surface area contributed by atoms with E-state index in [2.05, 4.69) is 15.0 Å². The van der Waals surface area contributed by atoms with Crippen LogP contribution in [-0.4, -0.2) is 21.2 Å². The molecule has 106 valence electrons. The first-order valence-corrected chi connectivity index (χ1v) is 6.11. The van der Waals surface area contributed by atoms with E-state index in [1.165, 1.54) is 6.07 Å². The van der Waals surface area contributed by atoms with E-state index in [0.29, 0.717) is 17.2 Å². The van der Waals surface area contributed by atoms with Crippen molar-refractivity contribution < 1.29 is 13.9 Å². The summed E-state index contributed by atoms with van der Waals surface area (Å²) in [5.74, 6) is -0.675. The first-order valence-electron chi connectivity index (χ1n) is 6.11. The highest BCUT2D eigenvalue weighted by molar-refractivity contribution is 5.85. The average molecular weight is 286 g/mol. The summed E-state index contributed by atoms with van der Waals surface area (Å²) < 4.78 is 19.8. The molecule has 21 heavy (non-hydrogen) atoms. The van der Waals surface area contributed by atoms with Gasteiger partial charge in [0.1, 0.15) is 17.7 Å². The molecule has 0 aliphatic heterocycles. The summed E-state index contributed by atoms with van der Waals surface area (Å²) in [5.41, 5.74) is 7.04. The third kappa shape index (κ3) is 2.18. The molecular weight excluding hydrogens is 275 g/mol. The van der Waals surface area contributed by atoms with Gasteiger partial charge in [0.15, 0.2) is 17.9 Å². The summed E-state index contributed by atoms with van der Waals surface area (Å²) in [5, 5.41) is 0.402. The van der Waals surface area contributed by atoms with E-state index in [-0.39, 0.29) is 23.0 Å². The van der Waals surface area contributed by atoms with Crippen LogP contribution >= 0.6 is 0 Å². The van der Waals surface area contributed by atoms with Crippen LogP contribution in [0, 0.1) is 12.7 Å². The van der Waals surface area contributed by atoms with Crippen molar-refractivity contribution in [2.45, 2.75) is 6.92 Å². The van der Waals surface area contributed by atoms with Crippen molar-refractivity contribution in [3.8, 4) is 11.6 Å². The van der Waals surface area contributed by atoms with Crippen molar-refractivity contribution >= 4 is 23.0 Å². The quantitative estimate of drug-likeness (QED) is 0.722. The second-order valence-corrected chi connectivity index (χ2v) is 4.49. The van der Waals surface area contributed by atoms with Gasteiger partial charge in [-0.05, 0) is 25.1 Å². The number of ether oxygens (including phenoxy) is 1. The molecule has 0 bridgehead atoms. The zero-order chi connectivity index (χ0) is 15.0. The van der Waals surface area contributed by atoms with E-state index in [0.717, 1.165) is 12.0 Å². The highest BCUT2D eigenvalue weighted by atomic mass is 19.1. The number of aldehydes is 1. The van der Waals surface area contributed by atoms with Gasteiger partial charge in [-0.1, -0.05) is 0 Å². The summed E-state index contributed by atoms with van der Waals surface area (Å²) in [7, 11) is 0. The Hall–Kier alpha value is -2.96. The van der Waals surface area contributed by atoms with Gasteiger partial charge >= 0.3 is 0 Å². The topological polar surface area (TPSA) is 93.9 Å². The molecule has 3 aromatic rings. The molecule has 0 aliphatic rings. The molecule has 3 rings (SSSR count). The number of anilines is 1. The number of fused-ring (bicyclic) bond motifs is 1. The Morgan fingerprint density at radius 2 is 2.19 bits per heavy atom. The Balaban J connectivity index is 2.08. The number of benzene rings is 1.